The highest BCUT2D eigenvalue weighted by molar-refractivity contribution is 5.95. The number of carbonyl (C=O) groups excluding carboxylic acids is 1. The third-order valence-corrected chi connectivity index (χ3v) is 3.25. The minimum Gasteiger partial charge on any atom is -0.327 e. The van der Waals surface area contributed by atoms with E-state index in [0.29, 0.717) is 6.54 Å². The molecule has 0 atom stereocenters. The standard InChI is InChI=1S/C16H20N2O/c1-3-5-13-6-8-14(9-7-13)15(19)12-18-11-10-17-16(18)4-2/h6-11H,3-5,12H2,1-2H3. The van der Waals surface area contributed by atoms with Crippen LogP contribution >= 0.6 is 0 Å². The molecule has 0 amide bonds. The molecule has 0 aliphatic carbocycles. The number of hydrogen-bond acceptors (Lipinski definition) is 2. The monoisotopic (exact) mass is 256 g/mol. The summed E-state index contributed by atoms with van der Waals surface area (Å²) in [5, 5.41) is 0. The average Bonchev–Trinajstić information content (AvgIpc) is 2.87. The Labute approximate surface area is 114 Å². The van der Waals surface area contributed by atoms with E-state index in [4.69, 9.17) is 0 Å². The van der Waals surface area contributed by atoms with Crippen molar-refractivity contribution in [3.63, 3.8) is 0 Å². The molecule has 3 nitrogen and oxygen atoms in total. The van der Waals surface area contributed by atoms with E-state index in [-0.39, 0.29) is 5.78 Å². The summed E-state index contributed by atoms with van der Waals surface area (Å²) in [5.74, 6) is 1.09. The lowest BCUT2D eigenvalue weighted by Gasteiger charge is -2.06. The summed E-state index contributed by atoms with van der Waals surface area (Å²) in [5.41, 5.74) is 2.06. The van der Waals surface area contributed by atoms with E-state index < -0.39 is 0 Å². The molecular weight excluding hydrogens is 236 g/mol. The Morgan fingerprint density at radius 3 is 2.58 bits per heavy atom. The van der Waals surface area contributed by atoms with Crippen LogP contribution in [0.1, 0.15) is 42.0 Å². The van der Waals surface area contributed by atoms with Crippen molar-refractivity contribution in [2.45, 2.75) is 39.7 Å². The molecule has 0 aliphatic rings. The van der Waals surface area contributed by atoms with Crippen molar-refractivity contribution in [1.29, 1.82) is 0 Å². The van der Waals surface area contributed by atoms with Crippen molar-refractivity contribution in [2.75, 3.05) is 0 Å². The van der Waals surface area contributed by atoms with Gasteiger partial charge in [-0.25, -0.2) is 4.98 Å². The van der Waals surface area contributed by atoms with E-state index in [9.17, 15) is 4.79 Å². The lowest BCUT2D eigenvalue weighted by molar-refractivity contribution is 0.0971. The molecule has 0 spiro atoms. The van der Waals surface area contributed by atoms with Crippen molar-refractivity contribution in [3.8, 4) is 0 Å². The van der Waals surface area contributed by atoms with Crippen LogP contribution in [0.15, 0.2) is 36.7 Å². The van der Waals surface area contributed by atoms with Gasteiger partial charge in [-0.05, 0) is 12.0 Å². The van der Waals surface area contributed by atoms with Crippen LogP contribution in [0.25, 0.3) is 0 Å². The zero-order valence-corrected chi connectivity index (χ0v) is 11.6. The van der Waals surface area contributed by atoms with E-state index in [1.165, 1.54) is 5.56 Å². The largest absolute Gasteiger partial charge is 0.327 e. The van der Waals surface area contributed by atoms with Gasteiger partial charge in [-0.1, -0.05) is 44.5 Å². The van der Waals surface area contributed by atoms with Crippen LogP contribution in [0.2, 0.25) is 0 Å². The van der Waals surface area contributed by atoms with Gasteiger partial charge in [0.25, 0.3) is 0 Å². The first-order valence-electron chi connectivity index (χ1n) is 6.86. The number of aryl methyl sites for hydroxylation is 2. The predicted molar refractivity (Wildman–Crippen MR) is 76.4 cm³/mol. The number of aromatic nitrogens is 2. The van der Waals surface area contributed by atoms with Crippen LogP contribution in [-0.2, 0) is 19.4 Å². The minimum atomic E-state index is 0.135. The first-order valence-corrected chi connectivity index (χ1v) is 6.86. The van der Waals surface area contributed by atoms with E-state index in [1.54, 1.807) is 6.20 Å². The summed E-state index contributed by atoms with van der Waals surface area (Å²) >= 11 is 0. The number of ketones is 1. The highest BCUT2D eigenvalue weighted by atomic mass is 16.1. The van der Waals surface area contributed by atoms with Gasteiger partial charge in [-0.3, -0.25) is 4.79 Å². The first kappa shape index (κ1) is 13.5. The molecule has 0 fully saturated rings. The fraction of sp³-hybridized carbons (Fsp3) is 0.375. The van der Waals surface area contributed by atoms with Gasteiger partial charge < -0.3 is 4.57 Å². The van der Waals surface area contributed by atoms with Crippen LogP contribution in [0.5, 0.6) is 0 Å². The van der Waals surface area contributed by atoms with Crippen LogP contribution < -0.4 is 0 Å². The van der Waals surface area contributed by atoms with E-state index in [2.05, 4.69) is 11.9 Å². The zero-order valence-electron chi connectivity index (χ0n) is 11.6. The molecule has 0 bridgehead atoms. The molecule has 2 rings (SSSR count). The molecule has 2 aromatic rings. The molecule has 0 radical (unpaired) electrons. The Morgan fingerprint density at radius 1 is 1.21 bits per heavy atom. The second-order valence-corrected chi connectivity index (χ2v) is 4.70. The van der Waals surface area contributed by atoms with Gasteiger partial charge in [0.15, 0.2) is 5.78 Å². The van der Waals surface area contributed by atoms with Gasteiger partial charge in [-0.2, -0.15) is 0 Å². The number of hydrogen-bond donors (Lipinski definition) is 0. The molecule has 0 unspecified atom stereocenters. The summed E-state index contributed by atoms with van der Waals surface area (Å²) in [6.45, 7) is 4.57. The lowest BCUT2D eigenvalue weighted by atomic mass is 10.1. The maximum Gasteiger partial charge on any atom is 0.182 e. The molecule has 0 N–H and O–H groups in total. The van der Waals surface area contributed by atoms with E-state index >= 15 is 0 Å². The lowest BCUT2D eigenvalue weighted by Crippen LogP contribution is -2.12. The topological polar surface area (TPSA) is 34.9 Å². The summed E-state index contributed by atoms with van der Waals surface area (Å²) < 4.78 is 1.92. The number of imidazole rings is 1. The second kappa shape index (κ2) is 6.32. The van der Waals surface area contributed by atoms with Crippen molar-refractivity contribution >= 4 is 5.78 Å². The Hall–Kier alpha value is -1.90. The Balaban J connectivity index is 2.07. The first-order chi connectivity index (χ1) is 9.24. The number of carbonyl (C=O) groups is 1. The Kier molecular flexibility index (Phi) is 4.50. The van der Waals surface area contributed by atoms with Gasteiger partial charge in [0.2, 0.25) is 0 Å². The fourth-order valence-corrected chi connectivity index (χ4v) is 2.19. The number of nitrogens with zero attached hydrogens (tertiary/aromatic N) is 2. The summed E-state index contributed by atoms with van der Waals surface area (Å²) in [6, 6.07) is 7.95. The number of rotatable bonds is 6. The van der Waals surface area contributed by atoms with Gasteiger partial charge in [0, 0.05) is 24.4 Å². The highest BCUT2D eigenvalue weighted by Crippen LogP contribution is 2.09. The van der Waals surface area contributed by atoms with Gasteiger partial charge >= 0.3 is 0 Å². The molecule has 1 heterocycles. The Bertz CT molecular complexity index is 540. The zero-order chi connectivity index (χ0) is 13.7. The molecule has 3 heteroatoms. The van der Waals surface area contributed by atoms with E-state index in [1.807, 2.05) is 42.0 Å². The quantitative estimate of drug-likeness (QED) is 0.743. The van der Waals surface area contributed by atoms with Crippen molar-refractivity contribution in [2.24, 2.45) is 0 Å². The van der Waals surface area contributed by atoms with Crippen LogP contribution in [0.3, 0.4) is 0 Å². The molecule has 100 valence electrons. The molecule has 1 aromatic carbocycles. The molecule has 0 saturated heterocycles. The van der Waals surface area contributed by atoms with Crippen molar-refractivity contribution in [1.82, 2.24) is 9.55 Å². The highest BCUT2D eigenvalue weighted by Gasteiger charge is 2.09. The molecule has 19 heavy (non-hydrogen) atoms. The van der Waals surface area contributed by atoms with Crippen LogP contribution in [0, 0.1) is 0 Å². The summed E-state index contributed by atoms with van der Waals surface area (Å²) in [6.07, 6.45) is 6.65. The molecule has 0 aliphatic heterocycles. The minimum absolute atomic E-state index is 0.135. The summed E-state index contributed by atoms with van der Waals surface area (Å²) in [4.78, 5) is 16.4. The third-order valence-electron chi connectivity index (χ3n) is 3.25. The predicted octanol–water partition coefficient (Wildman–Crippen LogP) is 3.28. The van der Waals surface area contributed by atoms with Gasteiger partial charge in [0.1, 0.15) is 5.82 Å². The third kappa shape index (κ3) is 3.31. The maximum atomic E-state index is 12.2. The van der Waals surface area contributed by atoms with Crippen molar-refractivity contribution in [3.05, 3.63) is 53.6 Å². The molecule has 1 aromatic heterocycles. The maximum absolute atomic E-state index is 12.2. The van der Waals surface area contributed by atoms with E-state index in [0.717, 1.165) is 30.7 Å². The SMILES string of the molecule is CCCc1ccc(C(=O)Cn2ccnc2CC)cc1. The fourth-order valence-electron chi connectivity index (χ4n) is 2.19. The normalized spacial score (nSPS) is 10.6. The van der Waals surface area contributed by atoms with Crippen LogP contribution in [0.4, 0.5) is 0 Å². The van der Waals surface area contributed by atoms with Gasteiger partial charge in [0.05, 0.1) is 6.54 Å². The van der Waals surface area contributed by atoms with Gasteiger partial charge in [-0.15, -0.1) is 0 Å². The Morgan fingerprint density at radius 2 is 1.95 bits per heavy atom. The molecular formula is C16H20N2O. The number of Topliss-reactive ketones (excluding diaryl/α,β-unsaturated/α-hetero) is 1. The smallest absolute Gasteiger partial charge is 0.182 e. The average molecular weight is 256 g/mol. The van der Waals surface area contributed by atoms with Crippen molar-refractivity contribution < 1.29 is 4.79 Å². The second-order valence-electron chi connectivity index (χ2n) is 4.70. The van der Waals surface area contributed by atoms with Crippen LogP contribution in [-0.4, -0.2) is 15.3 Å². The summed E-state index contributed by atoms with van der Waals surface area (Å²) in [7, 11) is 0. The number of benzene rings is 1. The molecule has 0 saturated carbocycles.